The molecule has 118 valence electrons. The van der Waals surface area contributed by atoms with Crippen LogP contribution < -0.4 is 11.0 Å². The summed E-state index contributed by atoms with van der Waals surface area (Å²) in [5.41, 5.74) is 4.41. The third kappa shape index (κ3) is 2.98. The summed E-state index contributed by atoms with van der Waals surface area (Å²) in [5, 5.41) is 13.2. The minimum Gasteiger partial charge on any atom is -0.478 e. The zero-order valence-electron chi connectivity index (χ0n) is 12.6. The molecule has 0 amide bonds. The zero-order valence-corrected chi connectivity index (χ0v) is 12.6. The standard InChI is InChI=1S/C16H16N4O3/c1-10-2-7-13(15-17-9-8-14(21)20(10)15)19-18-12-5-3-11(4-6-12)16(22)23/h3-6,8-10,18H,2,7H2,1H3,(H,22,23)/b19-13+. The Morgan fingerprint density at radius 3 is 2.78 bits per heavy atom. The molecular weight excluding hydrogens is 296 g/mol. The normalized spacial score (nSPS) is 18.5. The molecule has 1 aliphatic heterocycles. The van der Waals surface area contributed by atoms with E-state index in [1.807, 2.05) is 6.92 Å². The van der Waals surface area contributed by atoms with Crippen LogP contribution >= 0.6 is 0 Å². The number of benzene rings is 1. The second kappa shape index (κ2) is 6.04. The minimum absolute atomic E-state index is 0.0827. The van der Waals surface area contributed by atoms with Crippen molar-refractivity contribution in [3.8, 4) is 0 Å². The molecule has 0 fully saturated rings. The molecule has 0 spiro atoms. The van der Waals surface area contributed by atoms with Gasteiger partial charge in [-0.05, 0) is 44.0 Å². The van der Waals surface area contributed by atoms with Crippen LogP contribution in [0.1, 0.15) is 42.0 Å². The van der Waals surface area contributed by atoms with Crippen molar-refractivity contribution in [2.45, 2.75) is 25.8 Å². The third-order valence-electron chi connectivity index (χ3n) is 3.83. The van der Waals surface area contributed by atoms with Crippen LogP contribution in [0, 0.1) is 0 Å². The fraction of sp³-hybridized carbons (Fsp3) is 0.250. The molecule has 3 rings (SSSR count). The van der Waals surface area contributed by atoms with Gasteiger partial charge in [0.15, 0.2) is 5.82 Å². The van der Waals surface area contributed by atoms with Crippen molar-refractivity contribution in [3.05, 3.63) is 58.3 Å². The van der Waals surface area contributed by atoms with Crippen LogP contribution in [0.15, 0.2) is 46.4 Å². The first-order valence-electron chi connectivity index (χ1n) is 7.30. The Bertz CT molecular complexity index is 824. The van der Waals surface area contributed by atoms with Gasteiger partial charge in [0.2, 0.25) is 0 Å². The Kier molecular flexibility index (Phi) is 3.92. The maximum atomic E-state index is 12.0. The molecule has 0 saturated heterocycles. The monoisotopic (exact) mass is 312 g/mol. The van der Waals surface area contributed by atoms with Gasteiger partial charge in [-0.2, -0.15) is 5.10 Å². The van der Waals surface area contributed by atoms with Crippen molar-refractivity contribution in [3.63, 3.8) is 0 Å². The highest BCUT2D eigenvalue weighted by Gasteiger charge is 2.22. The average Bonchev–Trinajstić information content (AvgIpc) is 2.54. The number of carboxylic acids is 1. The van der Waals surface area contributed by atoms with Gasteiger partial charge >= 0.3 is 5.97 Å². The maximum Gasteiger partial charge on any atom is 0.335 e. The number of fused-ring (bicyclic) bond motifs is 1. The first-order valence-corrected chi connectivity index (χ1v) is 7.30. The molecule has 0 saturated carbocycles. The fourth-order valence-corrected chi connectivity index (χ4v) is 2.57. The lowest BCUT2D eigenvalue weighted by Crippen LogP contribution is -2.33. The van der Waals surface area contributed by atoms with Crippen molar-refractivity contribution >= 4 is 17.4 Å². The smallest absolute Gasteiger partial charge is 0.335 e. The molecule has 23 heavy (non-hydrogen) atoms. The van der Waals surface area contributed by atoms with Crippen molar-refractivity contribution in [1.82, 2.24) is 9.55 Å². The van der Waals surface area contributed by atoms with Crippen LogP contribution in [-0.4, -0.2) is 26.3 Å². The van der Waals surface area contributed by atoms with E-state index >= 15 is 0 Å². The van der Waals surface area contributed by atoms with Crippen molar-refractivity contribution < 1.29 is 9.90 Å². The van der Waals surface area contributed by atoms with E-state index in [1.165, 1.54) is 24.4 Å². The summed E-state index contributed by atoms with van der Waals surface area (Å²) in [4.78, 5) is 27.1. The van der Waals surface area contributed by atoms with Crippen LogP contribution in [0.3, 0.4) is 0 Å². The largest absolute Gasteiger partial charge is 0.478 e. The number of carbonyl (C=O) groups is 1. The van der Waals surface area contributed by atoms with Gasteiger partial charge in [0, 0.05) is 18.3 Å². The zero-order chi connectivity index (χ0) is 16.4. The molecule has 0 radical (unpaired) electrons. The van der Waals surface area contributed by atoms with Gasteiger partial charge in [-0.15, -0.1) is 0 Å². The molecule has 0 aliphatic carbocycles. The lowest BCUT2D eigenvalue weighted by atomic mass is 10.0. The van der Waals surface area contributed by atoms with E-state index in [0.29, 0.717) is 17.2 Å². The first kappa shape index (κ1) is 15.0. The Labute approximate surface area is 132 Å². The molecule has 2 N–H and O–H groups in total. The number of aromatic nitrogens is 2. The summed E-state index contributed by atoms with van der Waals surface area (Å²) in [6.07, 6.45) is 3.03. The number of hydrazone groups is 1. The van der Waals surface area contributed by atoms with E-state index in [1.54, 1.807) is 16.7 Å². The Morgan fingerprint density at radius 1 is 1.35 bits per heavy atom. The van der Waals surface area contributed by atoms with Crippen LogP contribution in [0.2, 0.25) is 0 Å². The molecule has 2 aromatic rings. The van der Waals surface area contributed by atoms with Crippen LogP contribution in [0.5, 0.6) is 0 Å². The van der Waals surface area contributed by atoms with E-state index in [2.05, 4.69) is 15.5 Å². The molecule has 1 aliphatic rings. The number of anilines is 1. The molecule has 1 unspecified atom stereocenters. The van der Waals surface area contributed by atoms with Gasteiger partial charge in [-0.1, -0.05) is 0 Å². The van der Waals surface area contributed by atoms with Crippen LogP contribution in [0.4, 0.5) is 5.69 Å². The molecule has 1 aromatic carbocycles. The Hall–Kier alpha value is -2.96. The summed E-state index contributed by atoms with van der Waals surface area (Å²) >= 11 is 0. The molecule has 2 heterocycles. The summed E-state index contributed by atoms with van der Waals surface area (Å²) in [7, 11) is 0. The topological polar surface area (TPSA) is 96.6 Å². The highest BCUT2D eigenvalue weighted by Crippen LogP contribution is 2.21. The average molecular weight is 312 g/mol. The number of rotatable bonds is 3. The highest BCUT2D eigenvalue weighted by molar-refractivity contribution is 5.98. The van der Waals surface area contributed by atoms with Gasteiger partial charge < -0.3 is 5.11 Å². The highest BCUT2D eigenvalue weighted by atomic mass is 16.4. The Balaban J connectivity index is 1.87. The predicted octanol–water partition coefficient (Wildman–Crippen LogP) is 2.11. The quantitative estimate of drug-likeness (QED) is 0.846. The van der Waals surface area contributed by atoms with Crippen molar-refractivity contribution in [1.29, 1.82) is 0 Å². The predicted molar refractivity (Wildman–Crippen MR) is 86.0 cm³/mol. The van der Waals surface area contributed by atoms with E-state index in [4.69, 9.17) is 5.11 Å². The summed E-state index contributed by atoms with van der Waals surface area (Å²) < 4.78 is 1.65. The van der Waals surface area contributed by atoms with Crippen LogP contribution in [-0.2, 0) is 0 Å². The Morgan fingerprint density at radius 2 is 2.09 bits per heavy atom. The SMILES string of the molecule is CC1CC/C(=N\Nc2ccc(C(=O)O)cc2)c2nccc(=O)n21. The van der Waals surface area contributed by atoms with Gasteiger partial charge in [0.05, 0.1) is 11.3 Å². The van der Waals surface area contributed by atoms with E-state index in [9.17, 15) is 9.59 Å². The molecule has 7 heteroatoms. The lowest BCUT2D eigenvalue weighted by Gasteiger charge is -2.24. The number of aromatic carboxylic acids is 1. The molecule has 1 aromatic heterocycles. The van der Waals surface area contributed by atoms with Gasteiger partial charge in [-0.25, -0.2) is 9.78 Å². The van der Waals surface area contributed by atoms with E-state index in [-0.39, 0.29) is 17.2 Å². The molecule has 7 nitrogen and oxygen atoms in total. The van der Waals surface area contributed by atoms with E-state index in [0.717, 1.165) is 12.8 Å². The third-order valence-corrected chi connectivity index (χ3v) is 3.83. The number of nitrogens with zero attached hydrogens (tertiary/aromatic N) is 3. The lowest BCUT2D eigenvalue weighted by molar-refractivity contribution is 0.0697. The number of carboxylic acid groups (broad SMARTS) is 1. The van der Waals surface area contributed by atoms with Gasteiger partial charge in [-0.3, -0.25) is 14.8 Å². The van der Waals surface area contributed by atoms with Crippen molar-refractivity contribution in [2.75, 3.05) is 5.43 Å². The number of hydrogen-bond donors (Lipinski definition) is 2. The minimum atomic E-state index is -0.971. The van der Waals surface area contributed by atoms with Crippen molar-refractivity contribution in [2.24, 2.45) is 5.10 Å². The molecule has 1 atom stereocenters. The second-order valence-electron chi connectivity index (χ2n) is 5.42. The maximum absolute atomic E-state index is 12.0. The number of nitrogens with one attached hydrogen (secondary N) is 1. The second-order valence-corrected chi connectivity index (χ2v) is 5.42. The molecular formula is C16H16N4O3. The fourth-order valence-electron chi connectivity index (χ4n) is 2.57. The first-order chi connectivity index (χ1) is 11.1. The van der Waals surface area contributed by atoms with E-state index < -0.39 is 5.97 Å². The summed E-state index contributed by atoms with van der Waals surface area (Å²) in [6.45, 7) is 1.99. The van der Waals surface area contributed by atoms with Gasteiger partial charge in [0.25, 0.3) is 5.56 Å². The van der Waals surface area contributed by atoms with Gasteiger partial charge in [0.1, 0.15) is 5.71 Å². The number of hydrogen-bond acceptors (Lipinski definition) is 5. The molecule has 0 bridgehead atoms. The summed E-state index contributed by atoms with van der Waals surface area (Å²) in [5.74, 6) is -0.396. The van der Waals surface area contributed by atoms with Crippen LogP contribution in [0.25, 0.3) is 0 Å². The summed E-state index contributed by atoms with van der Waals surface area (Å²) in [6, 6.07) is 7.84.